The molecule has 0 saturated heterocycles. The highest BCUT2D eigenvalue weighted by atomic mass is 19.4. The van der Waals surface area contributed by atoms with Crippen LogP contribution in [0.15, 0.2) is 59.5 Å². The first-order valence-corrected chi connectivity index (χ1v) is 8.07. The van der Waals surface area contributed by atoms with Gasteiger partial charge in [-0.15, -0.1) is 18.3 Å². The lowest BCUT2D eigenvalue weighted by atomic mass is 10.2. The molecular weight excluding hydrogens is 363 g/mol. The fraction of sp³-hybridized carbons (Fsp3) is 0.353. The molecule has 0 heterocycles. The number of alkyl halides is 3. The zero-order chi connectivity index (χ0) is 20.1. The summed E-state index contributed by atoms with van der Waals surface area (Å²) < 4.78 is 40.5. The van der Waals surface area contributed by atoms with Gasteiger partial charge < -0.3 is 15.4 Å². The van der Waals surface area contributed by atoms with Crippen molar-refractivity contribution in [3.8, 4) is 5.75 Å². The monoisotopic (exact) mass is 385 g/mol. The Bertz CT molecular complexity index is 662. The summed E-state index contributed by atoms with van der Waals surface area (Å²) in [5, 5.41) is 13.2. The predicted molar refractivity (Wildman–Crippen MR) is 94.7 cm³/mol. The number of ether oxygens (including phenoxy) is 1. The number of halogens is 3. The number of hydrogen-bond donors (Lipinski definition) is 3. The Hall–Kier alpha value is -2.88. The number of nitrogens with zero attached hydrogens (tertiary/aromatic N) is 2. The van der Waals surface area contributed by atoms with Gasteiger partial charge in [-0.25, -0.2) is 0 Å². The fourth-order valence-corrected chi connectivity index (χ4v) is 1.85. The maximum atomic E-state index is 12.2. The van der Waals surface area contributed by atoms with Gasteiger partial charge in [0.15, 0.2) is 0 Å². The van der Waals surface area contributed by atoms with Gasteiger partial charge in [-0.2, -0.15) is 0 Å². The van der Waals surface area contributed by atoms with Crippen molar-refractivity contribution in [2.24, 2.45) is 10.3 Å². The average molecular weight is 385 g/mol. The molecule has 0 aromatic heterocycles. The Morgan fingerprint density at radius 2 is 2.07 bits per heavy atom. The van der Waals surface area contributed by atoms with Crippen LogP contribution in [0.2, 0.25) is 0 Å². The van der Waals surface area contributed by atoms with E-state index in [9.17, 15) is 18.0 Å². The highest BCUT2D eigenvalue weighted by molar-refractivity contribution is 5.86. The molecule has 148 valence electrons. The molecule has 0 aliphatic heterocycles. The van der Waals surface area contributed by atoms with Crippen LogP contribution in [0.1, 0.15) is 12.0 Å². The molecule has 7 nitrogen and oxygen atoms in total. The third-order valence-electron chi connectivity index (χ3n) is 3.00. The van der Waals surface area contributed by atoms with Crippen LogP contribution in [0.3, 0.4) is 0 Å². The summed E-state index contributed by atoms with van der Waals surface area (Å²) in [6.45, 7) is 8.70. The highest BCUT2D eigenvalue weighted by Gasteiger charge is 2.31. The highest BCUT2D eigenvalue weighted by Crippen LogP contribution is 2.23. The molecule has 0 saturated carbocycles. The molecule has 1 rings (SSSR count). The SMILES string of the molecule is C=CC(=O)NCCCN/N=N\C(=C)CNCc1cccc(OC(F)(F)F)c1. The number of rotatable bonds is 12. The molecule has 0 aliphatic rings. The number of nitrogens with one attached hydrogen (secondary N) is 3. The van der Waals surface area contributed by atoms with Gasteiger partial charge in [-0.1, -0.05) is 30.5 Å². The molecular formula is C17H22F3N5O2. The van der Waals surface area contributed by atoms with E-state index in [1.54, 1.807) is 6.07 Å². The Kier molecular flexibility index (Phi) is 9.59. The lowest BCUT2D eigenvalue weighted by Gasteiger charge is -2.10. The Morgan fingerprint density at radius 1 is 1.30 bits per heavy atom. The van der Waals surface area contributed by atoms with Crippen LogP contribution >= 0.6 is 0 Å². The van der Waals surface area contributed by atoms with Gasteiger partial charge in [-0.05, 0) is 30.2 Å². The van der Waals surface area contributed by atoms with E-state index < -0.39 is 6.36 Å². The van der Waals surface area contributed by atoms with Crippen LogP contribution in [0.4, 0.5) is 13.2 Å². The maximum absolute atomic E-state index is 12.2. The van der Waals surface area contributed by atoms with Crippen molar-refractivity contribution in [1.82, 2.24) is 16.1 Å². The summed E-state index contributed by atoms with van der Waals surface area (Å²) in [5.41, 5.74) is 3.79. The Labute approximate surface area is 155 Å². The van der Waals surface area contributed by atoms with E-state index in [0.29, 0.717) is 43.9 Å². The zero-order valence-electron chi connectivity index (χ0n) is 14.7. The molecule has 0 radical (unpaired) electrons. The summed E-state index contributed by atoms with van der Waals surface area (Å²) in [6, 6.07) is 5.69. The second-order valence-electron chi connectivity index (χ2n) is 5.32. The molecule has 10 heteroatoms. The van der Waals surface area contributed by atoms with Gasteiger partial charge in [-0.3, -0.25) is 10.2 Å². The van der Waals surface area contributed by atoms with Crippen LogP contribution in [0.25, 0.3) is 0 Å². The lowest BCUT2D eigenvalue weighted by Crippen LogP contribution is -2.24. The summed E-state index contributed by atoms with van der Waals surface area (Å²) >= 11 is 0. The van der Waals surface area contributed by atoms with Crippen LogP contribution in [0.5, 0.6) is 5.75 Å². The van der Waals surface area contributed by atoms with E-state index in [1.807, 2.05) is 0 Å². The van der Waals surface area contributed by atoms with Crippen LogP contribution in [-0.4, -0.2) is 31.9 Å². The van der Waals surface area contributed by atoms with Crippen molar-refractivity contribution >= 4 is 5.91 Å². The summed E-state index contributed by atoms with van der Waals surface area (Å²) in [7, 11) is 0. The van der Waals surface area contributed by atoms with Crippen LogP contribution < -0.4 is 20.8 Å². The topological polar surface area (TPSA) is 87.1 Å². The molecule has 1 aromatic rings. The maximum Gasteiger partial charge on any atom is 0.573 e. The van der Waals surface area contributed by atoms with E-state index in [4.69, 9.17) is 0 Å². The second-order valence-corrected chi connectivity index (χ2v) is 5.32. The Balaban J connectivity index is 2.20. The predicted octanol–water partition coefficient (Wildman–Crippen LogP) is 2.84. The number of amides is 1. The largest absolute Gasteiger partial charge is 0.573 e. The molecule has 0 aliphatic carbocycles. The van der Waals surface area contributed by atoms with Crippen molar-refractivity contribution in [3.63, 3.8) is 0 Å². The third kappa shape index (κ3) is 11.4. The van der Waals surface area contributed by atoms with Crippen molar-refractivity contribution in [3.05, 3.63) is 54.8 Å². The van der Waals surface area contributed by atoms with Gasteiger partial charge in [0.1, 0.15) is 5.75 Å². The molecule has 0 bridgehead atoms. The van der Waals surface area contributed by atoms with E-state index in [1.165, 1.54) is 24.3 Å². The van der Waals surface area contributed by atoms with E-state index in [-0.39, 0.29) is 11.7 Å². The molecule has 0 spiro atoms. The zero-order valence-corrected chi connectivity index (χ0v) is 14.7. The molecule has 0 atom stereocenters. The molecule has 1 aromatic carbocycles. The first-order chi connectivity index (χ1) is 12.8. The number of carbonyl (C=O) groups is 1. The number of hydrogen-bond acceptors (Lipinski definition) is 5. The number of benzene rings is 1. The quantitative estimate of drug-likeness (QED) is 0.223. The summed E-state index contributed by atoms with van der Waals surface area (Å²) in [4.78, 5) is 10.9. The van der Waals surface area contributed by atoms with Gasteiger partial charge in [0.2, 0.25) is 5.91 Å². The molecule has 0 fully saturated rings. The second kappa shape index (κ2) is 11.7. The standard InChI is InChI=1S/C17H22F3N5O2/c1-3-16(26)22-8-5-9-23-25-24-13(2)11-21-12-14-6-4-7-15(10-14)27-17(18,19)20/h3-4,6-7,10,21H,1-2,5,8-9,11-12H2,(H,22,26)(H,23,24). The summed E-state index contributed by atoms with van der Waals surface area (Å²) in [5.74, 6) is -0.500. The van der Waals surface area contributed by atoms with E-state index in [0.717, 1.165) is 0 Å². The van der Waals surface area contributed by atoms with Crippen molar-refractivity contribution in [2.45, 2.75) is 19.3 Å². The minimum Gasteiger partial charge on any atom is -0.406 e. The summed E-state index contributed by atoms with van der Waals surface area (Å²) in [6.07, 6.45) is -2.85. The van der Waals surface area contributed by atoms with Gasteiger partial charge >= 0.3 is 6.36 Å². The molecule has 27 heavy (non-hydrogen) atoms. The first-order valence-electron chi connectivity index (χ1n) is 8.07. The fourth-order valence-electron chi connectivity index (χ4n) is 1.85. The first kappa shape index (κ1) is 22.2. The van der Waals surface area contributed by atoms with Crippen LogP contribution in [0, 0.1) is 0 Å². The Morgan fingerprint density at radius 3 is 2.78 bits per heavy atom. The van der Waals surface area contributed by atoms with Crippen molar-refractivity contribution < 1.29 is 22.7 Å². The smallest absolute Gasteiger partial charge is 0.406 e. The molecule has 0 unspecified atom stereocenters. The third-order valence-corrected chi connectivity index (χ3v) is 3.00. The molecule has 3 N–H and O–H groups in total. The van der Waals surface area contributed by atoms with E-state index >= 15 is 0 Å². The minimum atomic E-state index is -4.72. The lowest BCUT2D eigenvalue weighted by molar-refractivity contribution is -0.274. The van der Waals surface area contributed by atoms with Gasteiger partial charge in [0, 0.05) is 26.2 Å². The van der Waals surface area contributed by atoms with E-state index in [2.05, 4.69) is 44.3 Å². The average Bonchev–Trinajstić information content (AvgIpc) is 2.59. The van der Waals surface area contributed by atoms with Gasteiger partial charge in [0.05, 0.1) is 5.70 Å². The van der Waals surface area contributed by atoms with Crippen LogP contribution in [-0.2, 0) is 11.3 Å². The van der Waals surface area contributed by atoms with Crippen molar-refractivity contribution in [1.29, 1.82) is 0 Å². The normalized spacial score (nSPS) is 11.2. The minimum absolute atomic E-state index is 0.230. The molecule has 1 amide bonds. The van der Waals surface area contributed by atoms with Gasteiger partial charge in [0.25, 0.3) is 0 Å². The number of carbonyl (C=O) groups excluding carboxylic acids is 1. The van der Waals surface area contributed by atoms with Crippen molar-refractivity contribution in [2.75, 3.05) is 19.6 Å².